The fourth-order valence-electron chi connectivity index (χ4n) is 2.84. The Hall–Kier alpha value is -0.650. The molecule has 20 heavy (non-hydrogen) atoms. The van der Waals surface area contributed by atoms with Crippen LogP contribution in [0.4, 0.5) is 4.39 Å². The summed E-state index contributed by atoms with van der Waals surface area (Å²) in [7, 11) is 0. The zero-order valence-corrected chi connectivity index (χ0v) is 13.4. The van der Waals surface area contributed by atoms with Crippen LogP contribution in [0.5, 0.6) is 0 Å². The highest BCUT2D eigenvalue weighted by molar-refractivity contribution is 9.10. The average molecular weight is 362 g/mol. The average Bonchev–Trinajstić information content (AvgIpc) is 3.06. The van der Waals surface area contributed by atoms with Crippen LogP contribution in [-0.2, 0) is 10.6 Å². The Morgan fingerprint density at radius 2 is 2.40 bits per heavy atom. The largest absolute Gasteiger partial charge is 0.376 e. The molecule has 2 atom stereocenters. The Morgan fingerprint density at radius 3 is 3.05 bits per heavy atom. The molecule has 2 unspecified atom stereocenters. The van der Waals surface area contributed by atoms with E-state index in [1.54, 1.807) is 6.07 Å². The van der Waals surface area contributed by atoms with Crippen LogP contribution < -0.4 is 0 Å². The van der Waals surface area contributed by atoms with Crippen molar-refractivity contribution in [1.29, 1.82) is 0 Å². The van der Waals surface area contributed by atoms with Gasteiger partial charge in [-0.15, -0.1) is 11.6 Å². The standard InChI is InChI=1S/C14H15BrClFN2O/c1-8(13-3-2-4-20-13)19-12-6-10(17)9(15)5-11(12)18-14(19)7-16/h5-6,8,13H,2-4,7H2,1H3. The highest BCUT2D eigenvalue weighted by Crippen LogP contribution is 2.31. The molecule has 0 saturated carbocycles. The second kappa shape index (κ2) is 5.62. The number of halogens is 3. The third-order valence-corrected chi connectivity index (χ3v) is 4.68. The van der Waals surface area contributed by atoms with Crippen LogP contribution in [0.25, 0.3) is 11.0 Å². The van der Waals surface area contributed by atoms with Gasteiger partial charge in [-0.1, -0.05) is 0 Å². The predicted octanol–water partition coefficient (Wildman–Crippen LogP) is 4.42. The second-order valence-corrected chi connectivity index (χ2v) is 6.20. The van der Waals surface area contributed by atoms with Crippen LogP contribution >= 0.6 is 27.5 Å². The van der Waals surface area contributed by atoms with Gasteiger partial charge >= 0.3 is 0 Å². The van der Waals surface area contributed by atoms with Gasteiger partial charge in [-0.3, -0.25) is 0 Å². The molecule has 1 aliphatic heterocycles. The van der Waals surface area contributed by atoms with Crippen molar-refractivity contribution in [2.75, 3.05) is 6.61 Å². The maximum atomic E-state index is 13.8. The number of benzene rings is 1. The summed E-state index contributed by atoms with van der Waals surface area (Å²) in [5.74, 6) is 0.756. The highest BCUT2D eigenvalue weighted by atomic mass is 79.9. The minimum absolute atomic E-state index is 0.0943. The van der Waals surface area contributed by atoms with Crippen LogP contribution in [0.2, 0.25) is 0 Å². The zero-order chi connectivity index (χ0) is 14.3. The van der Waals surface area contributed by atoms with Crippen LogP contribution in [0, 0.1) is 5.82 Å². The molecule has 0 N–H and O–H groups in total. The van der Waals surface area contributed by atoms with E-state index in [0.29, 0.717) is 10.4 Å². The first kappa shape index (κ1) is 14.3. The second-order valence-electron chi connectivity index (χ2n) is 5.08. The highest BCUT2D eigenvalue weighted by Gasteiger charge is 2.27. The van der Waals surface area contributed by atoms with Gasteiger partial charge in [0.15, 0.2) is 0 Å². The number of rotatable bonds is 3. The molecule has 3 rings (SSSR count). The Morgan fingerprint density at radius 1 is 1.60 bits per heavy atom. The normalized spacial score (nSPS) is 20.7. The fourth-order valence-corrected chi connectivity index (χ4v) is 3.36. The van der Waals surface area contributed by atoms with Gasteiger partial charge in [-0.2, -0.15) is 0 Å². The van der Waals surface area contributed by atoms with E-state index in [-0.39, 0.29) is 18.0 Å². The first-order valence-electron chi connectivity index (χ1n) is 6.65. The van der Waals surface area contributed by atoms with Gasteiger partial charge in [0.1, 0.15) is 11.6 Å². The van der Waals surface area contributed by atoms with Crippen LogP contribution in [0.15, 0.2) is 16.6 Å². The van der Waals surface area contributed by atoms with Crippen molar-refractivity contribution in [3.05, 3.63) is 28.2 Å². The lowest BCUT2D eigenvalue weighted by Crippen LogP contribution is -2.22. The van der Waals surface area contributed by atoms with Gasteiger partial charge in [-0.05, 0) is 41.8 Å². The Balaban J connectivity index is 2.13. The van der Waals surface area contributed by atoms with Crippen molar-refractivity contribution in [1.82, 2.24) is 9.55 Å². The number of hydrogen-bond acceptors (Lipinski definition) is 2. The molecule has 6 heteroatoms. The summed E-state index contributed by atoms with van der Waals surface area (Å²) in [6, 6.07) is 3.30. The van der Waals surface area contributed by atoms with E-state index in [1.165, 1.54) is 6.07 Å². The van der Waals surface area contributed by atoms with E-state index < -0.39 is 0 Å². The van der Waals surface area contributed by atoms with E-state index in [4.69, 9.17) is 16.3 Å². The molecule has 0 radical (unpaired) electrons. The maximum Gasteiger partial charge on any atom is 0.139 e. The first-order valence-corrected chi connectivity index (χ1v) is 7.98. The molecule has 0 spiro atoms. The molecule has 1 aromatic carbocycles. The maximum absolute atomic E-state index is 13.8. The summed E-state index contributed by atoms with van der Waals surface area (Å²) in [5, 5.41) is 0. The van der Waals surface area contributed by atoms with Gasteiger partial charge < -0.3 is 9.30 Å². The number of nitrogens with zero attached hydrogens (tertiary/aromatic N) is 2. The van der Waals surface area contributed by atoms with Gasteiger partial charge in [-0.25, -0.2) is 9.37 Å². The van der Waals surface area contributed by atoms with Gasteiger partial charge in [0.05, 0.1) is 33.5 Å². The summed E-state index contributed by atoms with van der Waals surface area (Å²) in [4.78, 5) is 4.50. The topological polar surface area (TPSA) is 27.1 Å². The van der Waals surface area contributed by atoms with Crippen LogP contribution in [0.1, 0.15) is 31.6 Å². The number of hydrogen-bond donors (Lipinski definition) is 0. The minimum atomic E-state index is -0.292. The third-order valence-electron chi connectivity index (χ3n) is 3.83. The van der Waals surface area contributed by atoms with Crippen molar-refractivity contribution >= 4 is 38.6 Å². The lowest BCUT2D eigenvalue weighted by Gasteiger charge is -2.22. The third kappa shape index (κ3) is 2.36. The molecule has 1 aromatic heterocycles. The van der Waals surface area contributed by atoms with Gasteiger partial charge in [0.2, 0.25) is 0 Å². The summed E-state index contributed by atoms with van der Waals surface area (Å²) in [6.07, 6.45) is 2.22. The molecule has 3 nitrogen and oxygen atoms in total. The Kier molecular flexibility index (Phi) is 4.02. The van der Waals surface area contributed by atoms with Crippen molar-refractivity contribution in [2.45, 2.75) is 37.8 Å². The number of ether oxygens (including phenoxy) is 1. The Bertz CT molecular complexity index is 640. The predicted molar refractivity (Wildman–Crippen MR) is 80.6 cm³/mol. The number of alkyl halides is 1. The van der Waals surface area contributed by atoms with E-state index in [0.717, 1.165) is 36.3 Å². The molecule has 0 bridgehead atoms. The van der Waals surface area contributed by atoms with Crippen molar-refractivity contribution in [3.8, 4) is 0 Å². The summed E-state index contributed by atoms with van der Waals surface area (Å²) in [6.45, 7) is 2.87. The molecule has 2 heterocycles. The molecule has 1 aliphatic rings. The van der Waals surface area contributed by atoms with E-state index >= 15 is 0 Å². The van der Waals surface area contributed by atoms with Gasteiger partial charge in [0, 0.05) is 12.7 Å². The molecule has 1 fully saturated rings. The smallest absolute Gasteiger partial charge is 0.139 e. The Labute approximate surface area is 130 Å². The fraction of sp³-hybridized carbons (Fsp3) is 0.500. The molecule has 0 amide bonds. The SMILES string of the molecule is CC(C1CCCO1)n1c(CCl)nc2cc(Br)c(F)cc21. The lowest BCUT2D eigenvalue weighted by molar-refractivity contribution is 0.0738. The van der Waals surface area contributed by atoms with Crippen LogP contribution in [0.3, 0.4) is 0 Å². The van der Waals surface area contributed by atoms with Crippen molar-refractivity contribution < 1.29 is 9.13 Å². The summed E-state index contributed by atoms with van der Waals surface area (Å²) in [5.41, 5.74) is 1.52. The van der Waals surface area contributed by atoms with Crippen molar-refractivity contribution in [2.24, 2.45) is 0 Å². The van der Waals surface area contributed by atoms with E-state index in [9.17, 15) is 4.39 Å². The van der Waals surface area contributed by atoms with Gasteiger partial charge in [0.25, 0.3) is 0 Å². The van der Waals surface area contributed by atoms with Crippen molar-refractivity contribution in [3.63, 3.8) is 0 Å². The quantitative estimate of drug-likeness (QED) is 0.757. The van der Waals surface area contributed by atoms with E-state index in [2.05, 4.69) is 27.8 Å². The molecular weight excluding hydrogens is 347 g/mol. The molecule has 0 aliphatic carbocycles. The summed E-state index contributed by atoms with van der Waals surface area (Å²) < 4.78 is 22.0. The molecule has 2 aromatic rings. The lowest BCUT2D eigenvalue weighted by atomic mass is 10.1. The molecular formula is C14H15BrClFN2O. The number of aromatic nitrogens is 2. The first-order chi connectivity index (χ1) is 9.61. The zero-order valence-electron chi connectivity index (χ0n) is 11.1. The number of imidazole rings is 1. The summed E-state index contributed by atoms with van der Waals surface area (Å²) >= 11 is 9.20. The van der Waals surface area contributed by atoms with Crippen LogP contribution in [-0.4, -0.2) is 22.3 Å². The molecule has 1 saturated heterocycles. The minimum Gasteiger partial charge on any atom is -0.376 e. The van der Waals surface area contributed by atoms with E-state index in [1.807, 2.05) is 4.57 Å². The number of fused-ring (bicyclic) bond motifs is 1. The monoisotopic (exact) mass is 360 g/mol. The molecule has 108 valence electrons.